The van der Waals surface area contributed by atoms with Gasteiger partial charge in [0.25, 0.3) is 5.56 Å². The molecule has 1 aromatic heterocycles. The molecule has 34 heavy (non-hydrogen) atoms. The molecule has 0 saturated heterocycles. The Morgan fingerprint density at radius 2 is 0.941 bits per heavy atom. The van der Waals surface area contributed by atoms with Gasteiger partial charge in [0.2, 0.25) is 0 Å². The van der Waals surface area contributed by atoms with Crippen molar-refractivity contribution in [1.29, 1.82) is 0 Å². The van der Waals surface area contributed by atoms with Gasteiger partial charge in [0.05, 0.1) is 22.3 Å². The van der Waals surface area contributed by atoms with Gasteiger partial charge in [-0.2, -0.15) is 0 Å². The molecule has 0 atom stereocenters. The van der Waals surface area contributed by atoms with Crippen LogP contribution in [0.5, 0.6) is 0 Å². The summed E-state index contributed by atoms with van der Waals surface area (Å²) >= 11 is 0. The quantitative estimate of drug-likeness (QED) is 0.236. The van der Waals surface area contributed by atoms with E-state index >= 15 is 0 Å². The molecule has 3 heteroatoms. The number of fused-ring (bicyclic) bond motifs is 15. The first-order valence-electron chi connectivity index (χ1n) is 11.4. The molecule has 8 rings (SSSR count). The van der Waals surface area contributed by atoms with Crippen LogP contribution in [0.1, 0.15) is 5.56 Å². The lowest BCUT2D eigenvalue weighted by Gasteiger charge is -2.14. The minimum atomic E-state index is -0.0844. The number of nitrogens with zero attached hydrogens (tertiary/aromatic N) is 2. The number of hydrogen-bond donors (Lipinski definition) is 0. The van der Waals surface area contributed by atoms with Crippen molar-refractivity contribution in [2.45, 2.75) is 0 Å². The molecule has 0 fully saturated rings. The highest BCUT2D eigenvalue weighted by atomic mass is 16.1. The first-order chi connectivity index (χ1) is 16.8. The van der Waals surface area contributed by atoms with Gasteiger partial charge >= 0.3 is 0 Å². The smallest absolute Gasteiger partial charge is 0.267 e. The van der Waals surface area contributed by atoms with Gasteiger partial charge in [-0.15, -0.1) is 0 Å². The van der Waals surface area contributed by atoms with Crippen molar-refractivity contribution in [3.8, 4) is 5.69 Å². The van der Waals surface area contributed by atoms with Crippen molar-refractivity contribution < 1.29 is 0 Å². The molecule has 157 valence electrons. The van der Waals surface area contributed by atoms with Gasteiger partial charge in [-0.25, -0.2) is 9.36 Å². The van der Waals surface area contributed by atoms with Crippen LogP contribution in [0.4, 0.5) is 0 Å². The molecule has 1 aliphatic rings. The van der Waals surface area contributed by atoms with Gasteiger partial charge in [0, 0.05) is 16.3 Å². The van der Waals surface area contributed by atoms with E-state index < -0.39 is 0 Å². The molecule has 3 nitrogen and oxygen atoms in total. The monoisotopic (exact) mass is 433 g/mol. The fraction of sp³-hybridized carbons (Fsp3) is 0. The molecule has 0 N–H and O–H groups in total. The Kier molecular flexibility index (Phi) is 3.17. The van der Waals surface area contributed by atoms with Crippen LogP contribution in [-0.4, -0.2) is 9.36 Å². The first kappa shape index (κ1) is 17.9. The molecule has 0 bridgehead atoms. The van der Waals surface area contributed by atoms with Crippen LogP contribution < -0.4 is 5.56 Å². The minimum absolute atomic E-state index is 0.0844. The molecule has 6 aromatic carbocycles. The van der Waals surface area contributed by atoms with Gasteiger partial charge < -0.3 is 0 Å². The van der Waals surface area contributed by atoms with E-state index in [1.807, 2.05) is 42.5 Å². The SMILES string of the molecule is [CH]=C1c2c(c3ccccc3c3ccccc23)-n2c3c4ccccc4c4ccccc4c3c(=O)n21. The number of benzene rings is 6. The molecule has 0 spiro atoms. The predicted octanol–water partition coefficient (Wildman–Crippen LogP) is 7.04. The van der Waals surface area contributed by atoms with Crippen LogP contribution >= 0.6 is 0 Å². The molecule has 0 saturated carbocycles. The summed E-state index contributed by atoms with van der Waals surface area (Å²) in [6.45, 7) is 6.83. The van der Waals surface area contributed by atoms with Crippen LogP contribution in [0, 0.1) is 6.58 Å². The summed E-state index contributed by atoms with van der Waals surface area (Å²) < 4.78 is 3.74. The molecular weight excluding hydrogens is 416 g/mol. The largest absolute Gasteiger partial charge is 0.280 e. The normalized spacial score (nSPS) is 12.9. The third-order valence-electron chi connectivity index (χ3n) is 7.33. The lowest BCUT2D eigenvalue weighted by molar-refractivity contribution is 0.800. The zero-order chi connectivity index (χ0) is 22.6. The fourth-order valence-electron chi connectivity index (χ4n) is 5.99. The highest BCUT2D eigenvalue weighted by Crippen LogP contribution is 2.45. The third kappa shape index (κ3) is 1.93. The maximum absolute atomic E-state index is 14.1. The topological polar surface area (TPSA) is 26.9 Å². The average molecular weight is 433 g/mol. The van der Waals surface area contributed by atoms with E-state index in [2.05, 4.69) is 59.3 Å². The molecule has 7 aromatic rings. The van der Waals surface area contributed by atoms with Gasteiger partial charge in [-0.3, -0.25) is 4.79 Å². The predicted molar refractivity (Wildman–Crippen MR) is 141 cm³/mol. The minimum Gasteiger partial charge on any atom is -0.267 e. The summed E-state index contributed by atoms with van der Waals surface area (Å²) in [6.07, 6.45) is 0. The fourth-order valence-corrected chi connectivity index (χ4v) is 5.99. The van der Waals surface area contributed by atoms with Gasteiger partial charge in [-0.1, -0.05) is 97.1 Å². The van der Waals surface area contributed by atoms with E-state index in [1.54, 1.807) is 4.68 Å². The highest BCUT2D eigenvalue weighted by Gasteiger charge is 2.32. The van der Waals surface area contributed by atoms with E-state index in [9.17, 15) is 4.79 Å². The van der Waals surface area contributed by atoms with E-state index in [0.29, 0.717) is 11.1 Å². The number of hydrogen-bond acceptors (Lipinski definition) is 1. The summed E-state index contributed by atoms with van der Waals surface area (Å²) in [5, 5.41) is 9.34. The van der Waals surface area contributed by atoms with E-state index in [1.165, 1.54) is 0 Å². The zero-order valence-electron chi connectivity index (χ0n) is 18.1. The van der Waals surface area contributed by atoms with Gasteiger partial charge in [-0.05, 0) is 38.9 Å². The molecule has 0 amide bonds. The third-order valence-corrected chi connectivity index (χ3v) is 7.33. The standard InChI is InChI=1S/C31H17N2O/c1-18-27-23-14-6-2-10-19(23)21-12-4-8-16-25(21)29(27)33-30-26-17-9-5-13-22(26)20-11-3-7-15-24(20)28(30)31(34)32(18)33/h1-17H. The summed E-state index contributed by atoms with van der Waals surface area (Å²) in [6, 6.07) is 33.2. The van der Waals surface area contributed by atoms with E-state index in [4.69, 9.17) is 6.58 Å². The Bertz CT molecular complexity index is 2110. The maximum atomic E-state index is 14.1. The maximum Gasteiger partial charge on any atom is 0.280 e. The van der Waals surface area contributed by atoms with Crippen molar-refractivity contribution in [3.05, 3.63) is 120 Å². The van der Waals surface area contributed by atoms with Crippen molar-refractivity contribution in [2.75, 3.05) is 0 Å². The van der Waals surface area contributed by atoms with Crippen molar-refractivity contribution in [2.24, 2.45) is 0 Å². The average Bonchev–Trinajstić information content (AvgIpc) is 3.37. The summed E-state index contributed by atoms with van der Waals surface area (Å²) in [5.74, 6) is 0. The molecule has 1 aliphatic heterocycles. The Morgan fingerprint density at radius 3 is 1.59 bits per heavy atom. The zero-order valence-corrected chi connectivity index (χ0v) is 18.1. The van der Waals surface area contributed by atoms with Crippen LogP contribution in [0.25, 0.3) is 65.4 Å². The lowest BCUT2D eigenvalue weighted by atomic mass is 9.93. The molecule has 2 heterocycles. The van der Waals surface area contributed by atoms with Crippen LogP contribution in [0.2, 0.25) is 0 Å². The van der Waals surface area contributed by atoms with Crippen molar-refractivity contribution in [3.63, 3.8) is 0 Å². The molecular formula is C31H17N2O. The van der Waals surface area contributed by atoms with Crippen molar-refractivity contribution >= 4 is 59.7 Å². The van der Waals surface area contributed by atoms with Crippen molar-refractivity contribution in [1.82, 2.24) is 9.36 Å². The second kappa shape index (κ2) is 6.03. The highest BCUT2D eigenvalue weighted by molar-refractivity contribution is 6.26. The van der Waals surface area contributed by atoms with Crippen LogP contribution in [-0.2, 0) is 0 Å². The lowest BCUT2D eigenvalue weighted by Crippen LogP contribution is -2.16. The van der Waals surface area contributed by atoms with Gasteiger partial charge in [0.15, 0.2) is 0 Å². The second-order valence-corrected chi connectivity index (χ2v) is 8.94. The summed E-state index contributed by atoms with van der Waals surface area (Å²) in [4.78, 5) is 14.1. The summed E-state index contributed by atoms with van der Waals surface area (Å²) in [5.41, 5.74) is 3.19. The van der Waals surface area contributed by atoms with Crippen LogP contribution in [0.15, 0.2) is 102 Å². The van der Waals surface area contributed by atoms with E-state index in [-0.39, 0.29) is 5.56 Å². The Hall–Kier alpha value is -4.63. The Balaban J connectivity index is 1.73. The number of aromatic nitrogens is 2. The Morgan fingerprint density at radius 1 is 0.500 bits per heavy atom. The summed E-state index contributed by atoms with van der Waals surface area (Å²) in [7, 11) is 0. The Labute approximate surface area is 194 Å². The second-order valence-electron chi connectivity index (χ2n) is 8.94. The first-order valence-corrected chi connectivity index (χ1v) is 11.4. The van der Waals surface area contributed by atoms with Crippen LogP contribution in [0.3, 0.4) is 0 Å². The molecule has 1 radical (unpaired) electrons. The van der Waals surface area contributed by atoms with E-state index in [0.717, 1.165) is 59.9 Å². The molecule has 0 aliphatic carbocycles. The van der Waals surface area contributed by atoms with Gasteiger partial charge in [0.1, 0.15) is 0 Å². The molecule has 0 unspecified atom stereocenters. The number of rotatable bonds is 0.